The number of fused-ring (bicyclic) bond motifs is 1. The molecule has 0 amide bonds. The van der Waals surface area contributed by atoms with Crippen molar-refractivity contribution in [2.75, 3.05) is 20.8 Å². The minimum atomic E-state index is -0.449. The van der Waals surface area contributed by atoms with Crippen LogP contribution in [0.4, 0.5) is 0 Å². The number of rotatable bonds is 6. The maximum Gasteiger partial charge on any atom is 0.339 e. The SMILES string of the molecule is CCOC(=O)c1ccc(-c2nc3ccc(C)cc3c(-c3ccc(OC)c(OC)c3)c2C#N)nc1. The summed E-state index contributed by atoms with van der Waals surface area (Å²) >= 11 is 0. The van der Waals surface area contributed by atoms with Gasteiger partial charge >= 0.3 is 5.97 Å². The molecule has 0 saturated carbocycles. The standard InChI is InChI=1S/C27H23N3O4/c1-5-34-27(31)18-7-10-22(29-15-18)26-20(14-28)25(19-12-16(2)6-9-21(19)30-26)17-8-11-23(32-3)24(13-17)33-4/h6-13,15H,5H2,1-4H3. The lowest BCUT2D eigenvalue weighted by Crippen LogP contribution is -2.05. The third kappa shape index (κ3) is 4.14. The van der Waals surface area contributed by atoms with Crippen molar-refractivity contribution >= 4 is 16.9 Å². The van der Waals surface area contributed by atoms with Crippen molar-refractivity contribution < 1.29 is 19.0 Å². The number of aromatic nitrogens is 2. The van der Waals surface area contributed by atoms with E-state index >= 15 is 0 Å². The van der Waals surface area contributed by atoms with Gasteiger partial charge in [-0.25, -0.2) is 9.78 Å². The lowest BCUT2D eigenvalue weighted by atomic mass is 9.92. The zero-order valence-corrected chi connectivity index (χ0v) is 19.4. The van der Waals surface area contributed by atoms with E-state index in [9.17, 15) is 10.1 Å². The predicted molar refractivity (Wildman–Crippen MR) is 129 cm³/mol. The molecule has 0 bridgehead atoms. The first-order valence-electron chi connectivity index (χ1n) is 10.7. The summed E-state index contributed by atoms with van der Waals surface area (Å²) < 4.78 is 15.9. The number of nitrogens with zero attached hydrogens (tertiary/aromatic N) is 3. The third-order valence-corrected chi connectivity index (χ3v) is 5.44. The topological polar surface area (TPSA) is 94.3 Å². The molecule has 4 aromatic rings. The molecular weight excluding hydrogens is 430 g/mol. The molecule has 0 fully saturated rings. The molecular formula is C27H23N3O4. The Morgan fingerprint density at radius 2 is 1.82 bits per heavy atom. The normalized spacial score (nSPS) is 10.6. The second kappa shape index (κ2) is 9.59. The van der Waals surface area contributed by atoms with Crippen molar-refractivity contribution in [1.82, 2.24) is 9.97 Å². The fourth-order valence-corrected chi connectivity index (χ4v) is 3.83. The lowest BCUT2D eigenvalue weighted by molar-refractivity contribution is 0.0526. The first-order chi connectivity index (χ1) is 16.5. The van der Waals surface area contributed by atoms with Gasteiger partial charge in [-0.05, 0) is 55.8 Å². The summed E-state index contributed by atoms with van der Waals surface area (Å²) in [6.07, 6.45) is 1.44. The Labute approximate surface area is 197 Å². The first-order valence-corrected chi connectivity index (χ1v) is 10.7. The second-order valence-corrected chi connectivity index (χ2v) is 7.57. The number of carbonyl (C=O) groups is 1. The summed E-state index contributed by atoms with van der Waals surface area (Å²) in [4.78, 5) is 21.2. The number of nitriles is 1. The second-order valence-electron chi connectivity index (χ2n) is 7.57. The minimum Gasteiger partial charge on any atom is -0.493 e. The number of esters is 1. The van der Waals surface area contributed by atoms with Gasteiger partial charge in [-0.15, -0.1) is 0 Å². The Kier molecular flexibility index (Phi) is 6.42. The zero-order chi connectivity index (χ0) is 24.2. The molecule has 2 heterocycles. The highest BCUT2D eigenvalue weighted by Gasteiger charge is 2.20. The van der Waals surface area contributed by atoms with Crippen molar-refractivity contribution in [3.63, 3.8) is 0 Å². The number of ether oxygens (including phenoxy) is 3. The van der Waals surface area contributed by atoms with Gasteiger partial charge in [0.15, 0.2) is 11.5 Å². The summed E-state index contributed by atoms with van der Waals surface area (Å²) in [5.41, 5.74) is 4.90. The van der Waals surface area contributed by atoms with Crippen LogP contribution in [-0.2, 0) is 4.74 Å². The average molecular weight is 453 g/mol. The molecule has 0 aliphatic carbocycles. The van der Waals surface area contributed by atoms with E-state index in [0.29, 0.717) is 34.0 Å². The van der Waals surface area contributed by atoms with Crippen LogP contribution in [0.2, 0.25) is 0 Å². The molecule has 0 unspecified atom stereocenters. The Balaban J connectivity index is 1.98. The van der Waals surface area contributed by atoms with Gasteiger partial charge in [-0.3, -0.25) is 4.98 Å². The summed E-state index contributed by atoms with van der Waals surface area (Å²) in [5.74, 6) is 0.700. The lowest BCUT2D eigenvalue weighted by Gasteiger charge is -2.15. The first kappa shape index (κ1) is 22.7. The number of pyridine rings is 2. The Hall–Kier alpha value is -4.44. The molecule has 0 aliphatic heterocycles. The molecule has 170 valence electrons. The molecule has 7 nitrogen and oxygen atoms in total. The molecule has 34 heavy (non-hydrogen) atoms. The van der Waals surface area contributed by atoms with Crippen LogP contribution in [0.15, 0.2) is 54.7 Å². The Morgan fingerprint density at radius 3 is 2.47 bits per heavy atom. The van der Waals surface area contributed by atoms with Crippen molar-refractivity contribution in [2.24, 2.45) is 0 Å². The van der Waals surface area contributed by atoms with Crippen LogP contribution >= 0.6 is 0 Å². The number of methoxy groups -OCH3 is 2. The molecule has 0 spiro atoms. The van der Waals surface area contributed by atoms with Crippen molar-refractivity contribution in [1.29, 1.82) is 5.26 Å². The highest BCUT2D eigenvalue weighted by Crippen LogP contribution is 2.40. The van der Waals surface area contributed by atoms with Crippen LogP contribution in [0, 0.1) is 18.3 Å². The van der Waals surface area contributed by atoms with E-state index in [0.717, 1.165) is 27.6 Å². The van der Waals surface area contributed by atoms with Crippen molar-refractivity contribution in [3.8, 4) is 40.1 Å². The number of benzene rings is 2. The van der Waals surface area contributed by atoms with Crippen LogP contribution in [-0.4, -0.2) is 36.8 Å². The van der Waals surface area contributed by atoms with E-state index < -0.39 is 5.97 Å². The molecule has 0 atom stereocenters. The molecule has 2 aromatic carbocycles. The van der Waals surface area contributed by atoms with E-state index in [1.54, 1.807) is 33.3 Å². The van der Waals surface area contributed by atoms with Gasteiger partial charge in [-0.1, -0.05) is 17.7 Å². The van der Waals surface area contributed by atoms with Crippen LogP contribution in [0.5, 0.6) is 11.5 Å². The Bertz CT molecular complexity index is 1420. The highest BCUT2D eigenvalue weighted by molar-refractivity contribution is 6.01. The summed E-state index contributed by atoms with van der Waals surface area (Å²) in [6.45, 7) is 4.02. The molecule has 0 radical (unpaired) electrons. The summed E-state index contributed by atoms with van der Waals surface area (Å²) in [6, 6.07) is 17.1. The molecule has 7 heteroatoms. The van der Waals surface area contributed by atoms with Crippen LogP contribution in [0.3, 0.4) is 0 Å². The van der Waals surface area contributed by atoms with Gasteiger partial charge in [-0.2, -0.15) is 5.26 Å². The van der Waals surface area contributed by atoms with Crippen LogP contribution in [0.1, 0.15) is 28.4 Å². The smallest absolute Gasteiger partial charge is 0.339 e. The number of hydrogen-bond donors (Lipinski definition) is 0. The maximum absolute atomic E-state index is 12.0. The fourth-order valence-electron chi connectivity index (χ4n) is 3.83. The summed E-state index contributed by atoms with van der Waals surface area (Å²) in [5, 5.41) is 11.1. The minimum absolute atomic E-state index is 0.277. The fraction of sp³-hybridized carbons (Fsp3) is 0.185. The van der Waals surface area contributed by atoms with Gasteiger partial charge in [0, 0.05) is 17.1 Å². The number of hydrogen-bond acceptors (Lipinski definition) is 7. The zero-order valence-electron chi connectivity index (χ0n) is 19.4. The molecule has 2 aromatic heterocycles. The van der Waals surface area contributed by atoms with Gasteiger partial charge in [0.25, 0.3) is 0 Å². The van der Waals surface area contributed by atoms with Crippen LogP contribution in [0.25, 0.3) is 33.4 Å². The third-order valence-electron chi connectivity index (χ3n) is 5.44. The quantitative estimate of drug-likeness (QED) is 0.364. The van der Waals surface area contributed by atoms with Gasteiger partial charge in [0.05, 0.1) is 43.2 Å². The van der Waals surface area contributed by atoms with Gasteiger partial charge in [0.1, 0.15) is 11.8 Å². The van der Waals surface area contributed by atoms with Gasteiger partial charge < -0.3 is 14.2 Å². The molecule has 0 saturated heterocycles. The van der Waals surface area contributed by atoms with E-state index in [4.69, 9.17) is 19.2 Å². The van der Waals surface area contributed by atoms with Crippen LogP contribution < -0.4 is 9.47 Å². The molecule has 0 N–H and O–H groups in total. The Morgan fingerprint density at radius 1 is 1.03 bits per heavy atom. The summed E-state index contributed by atoms with van der Waals surface area (Å²) in [7, 11) is 3.15. The predicted octanol–water partition coefficient (Wildman–Crippen LogP) is 5.34. The van der Waals surface area contributed by atoms with E-state index in [1.807, 2.05) is 43.3 Å². The molecule has 0 aliphatic rings. The van der Waals surface area contributed by atoms with Crippen molar-refractivity contribution in [2.45, 2.75) is 13.8 Å². The van der Waals surface area contributed by atoms with E-state index in [2.05, 4.69) is 11.1 Å². The van der Waals surface area contributed by atoms with E-state index in [-0.39, 0.29) is 6.61 Å². The van der Waals surface area contributed by atoms with Gasteiger partial charge in [0.2, 0.25) is 0 Å². The highest BCUT2D eigenvalue weighted by atomic mass is 16.5. The molecule has 4 rings (SSSR count). The largest absolute Gasteiger partial charge is 0.493 e. The number of carbonyl (C=O) groups excluding carboxylic acids is 1. The average Bonchev–Trinajstić information content (AvgIpc) is 2.87. The monoisotopic (exact) mass is 453 g/mol. The maximum atomic E-state index is 12.0. The number of aryl methyl sites for hydroxylation is 1. The van der Waals surface area contributed by atoms with Crippen molar-refractivity contribution in [3.05, 3.63) is 71.4 Å². The van der Waals surface area contributed by atoms with E-state index in [1.165, 1.54) is 6.20 Å².